The van der Waals surface area contributed by atoms with Crippen LogP contribution in [0.1, 0.15) is 12.0 Å². The molecule has 1 atom stereocenters. The number of benzene rings is 1. The van der Waals surface area contributed by atoms with Gasteiger partial charge in [0.25, 0.3) is 10.1 Å². The zero-order valence-corrected chi connectivity index (χ0v) is 10.5. The molecular weight excluding hydrogens is 260 g/mol. The summed E-state index contributed by atoms with van der Waals surface area (Å²) >= 11 is 0. The van der Waals surface area contributed by atoms with E-state index < -0.39 is 22.6 Å². The number of ether oxygens (including phenoxy) is 2. The Bertz CT molecular complexity index is 533. The number of carbonyl (C=O) groups is 1. The van der Waals surface area contributed by atoms with Gasteiger partial charge in [0, 0.05) is 6.42 Å². The molecule has 1 unspecified atom stereocenters. The molecule has 98 valence electrons. The summed E-state index contributed by atoms with van der Waals surface area (Å²) < 4.78 is 37.7. The Morgan fingerprint density at radius 2 is 1.94 bits per heavy atom. The van der Waals surface area contributed by atoms with Crippen LogP contribution in [0.25, 0.3) is 0 Å². The number of rotatable bonds is 3. The molecule has 0 aromatic heterocycles. The van der Waals surface area contributed by atoms with Crippen molar-refractivity contribution in [2.75, 3.05) is 6.61 Å². The van der Waals surface area contributed by atoms with Crippen LogP contribution >= 0.6 is 0 Å². The lowest BCUT2D eigenvalue weighted by molar-refractivity contribution is -0.103. The highest BCUT2D eigenvalue weighted by Crippen LogP contribution is 2.19. The molecule has 1 aromatic carbocycles. The Labute approximate surface area is 105 Å². The molecule has 0 aliphatic carbocycles. The molecule has 1 aromatic rings. The van der Waals surface area contributed by atoms with E-state index in [0.717, 1.165) is 5.56 Å². The highest BCUT2D eigenvalue weighted by Gasteiger charge is 2.28. The average Bonchev–Trinajstić information content (AvgIpc) is 2.29. The lowest BCUT2D eigenvalue weighted by Gasteiger charge is -2.21. The van der Waals surface area contributed by atoms with Crippen LogP contribution in [0, 0.1) is 6.92 Å². The Hall–Kier alpha value is -1.60. The number of cyclic esters (lactones) is 2. The smallest absolute Gasteiger partial charge is 0.434 e. The molecule has 2 rings (SSSR count). The molecule has 7 heteroatoms. The van der Waals surface area contributed by atoms with Crippen LogP contribution in [0.2, 0.25) is 0 Å². The van der Waals surface area contributed by atoms with E-state index in [9.17, 15) is 13.2 Å². The van der Waals surface area contributed by atoms with Gasteiger partial charge < -0.3 is 9.47 Å². The predicted octanol–water partition coefficient (Wildman–Crippen LogP) is 1.58. The predicted molar refractivity (Wildman–Crippen MR) is 60.3 cm³/mol. The van der Waals surface area contributed by atoms with Crippen molar-refractivity contribution in [1.29, 1.82) is 0 Å². The first-order valence-electron chi connectivity index (χ1n) is 5.31. The molecule has 0 bridgehead atoms. The maximum atomic E-state index is 11.9. The molecule has 1 aliphatic rings. The summed E-state index contributed by atoms with van der Waals surface area (Å²) in [4.78, 5) is 10.8. The summed E-state index contributed by atoms with van der Waals surface area (Å²) in [6.45, 7) is 1.92. The maximum Gasteiger partial charge on any atom is 0.510 e. The molecule has 1 aliphatic heterocycles. The lowest BCUT2D eigenvalue weighted by Crippen LogP contribution is -2.31. The fraction of sp³-hybridized carbons (Fsp3) is 0.364. The van der Waals surface area contributed by atoms with E-state index in [1.54, 1.807) is 12.1 Å². The summed E-state index contributed by atoms with van der Waals surface area (Å²) in [6, 6.07) is 6.19. The Balaban J connectivity index is 2.11. The first kappa shape index (κ1) is 12.8. The SMILES string of the molecule is Cc1ccc(S(=O)(=O)OC2CCOC(=O)O2)cc1. The lowest BCUT2D eigenvalue weighted by atomic mass is 10.2. The van der Waals surface area contributed by atoms with Gasteiger partial charge in [0.05, 0.1) is 4.90 Å². The average molecular weight is 272 g/mol. The van der Waals surface area contributed by atoms with Crippen LogP contribution in [-0.2, 0) is 23.8 Å². The molecular formula is C11H12O6S. The van der Waals surface area contributed by atoms with Crippen LogP contribution in [0.15, 0.2) is 29.2 Å². The van der Waals surface area contributed by atoms with Crippen LogP contribution in [0.4, 0.5) is 4.79 Å². The summed E-state index contributed by atoms with van der Waals surface area (Å²) in [5.41, 5.74) is 0.937. The highest BCUT2D eigenvalue weighted by molar-refractivity contribution is 7.86. The first-order chi connectivity index (χ1) is 8.47. The van der Waals surface area contributed by atoms with Gasteiger partial charge in [0.1, 0.15) is 6.61 Å². The molecule has 0 saturated carbocycles. The topological polar surface area (TPSA) is 78.9 Å². The maximum absolute atomic E-state index is 11.9. The Morgan fingerprint density at radius 3 is 2.56 bits per heavy atom. The van der Waals surface area contributed by atoms with Crippen molar-refractivity contribution < 1.29 is 26.9 Å². The number of carbonyl (C=O) groups excluding carboxylic acids is 1. The fourth-order valence-electron chi connectivity index (χ4n) is 1.41. The molecule has 0 amide bonds. The van der Waals surface area contributed by atoms with E-state index in [1.807, 2.05) is 6.92 Å². The third-order valence-electron chi connectivity index (χ3n) is 2.34. The highest BCUT2D eigenvalue weighted by atomic mass is 32.2. The van der Waals surface area contributed by atoms with Crippen molar-refractivity contribution in [3.05, 3.63) is 29.8 Å². The summed E-state index contributed by atoms with van der Waals surface area (Å²) in [6.07, 6.45) is -1.88. The minimum absolute atomic E-state index is 0.0237. The molecule has 1 saturated heterocycles. The van der Waals surface area contributed by atoms with E-state index in [-0.39, 0.29) is 17.9 Å². The van der Waals surface area contributed by atoms with Crippen LogP contribution in [0.5, 0.6) is 0 Å². The van der Waals surface area contributed by atoms with Crippen molar-refractivity contribution in [2.45, 2.75) is 24.5 Å². The molecule has 18 heavy (non-hydrogen) atoms. The van der Waals surface area contributed by atoms with Crippen molar-refractivity contribution in [2.24, 2.45) is 0 Å². The van der Waals surface area contributed by atoms with Crippen molar-refractivity contribution in [3.8, 4) is 0 Å². The standard InChI is InChI=1S/C11H12O6S/c1-8-2-4-9(5-3-8)18(13,14)17-10-6-7-15-11(12)16-10/h2-5,10H,6-7H2,1H3. The Kier molecular flexibility index (Phi) is 3.53. The fourth-order valence-corrected chi connectivity index (χ4v) is 2.41. The van der Waals surface area contributed by atoms with Crippen LogP contribution in [-0.4, -0.2) is 27.5 Å². The van der Waals surface area contributed by atoms with E-state index in [0.29, 0.717) is 0 Å². The number of hydrogen-bond acceptors (Lipinski definition) is 6. The van der Waals surface area contributed by atoms with Gasteiger partial charge in [-0.3, -0.25) is 0 Å². The van der Waals surface area contributed by atoms with Crippen LogP contribution in [0.3, 0.4) is 0 Å². The van der Waals surface area contributed by atoms with Gasteiger partial charge in [-0.1, -0.05) is 17.7 Å². The van der Waals surface area contributed by atoms with Gasteiger partial charge in [0.2, 0.25) is 6.29 Å². The van der Waals surface area contributed by atoms with E-state index in [4.69, 9.17) is 4.18 Å². The van der Waals surface area contributed by atoms with E-state index in [1.165, 1.54) is 12.1 Å². The van der Waals surface area contributed by atoms with Gasteiger partial charge in [-0.2, -0.15) is 8.42 Å². The zero-order chi connectivity index (χ0) is 13.2. The number of hydrogen-bond donors (Lipinski definition) is 0. The number of aryl methyl sites for hydroxylation is 1. The molecule has 0 spiro atoms. The van der Waals surface area contributed by atoms with E-state index in [2.05, 4.69) is 9.47 Å². The van der Waals surface area contributed by atoms with E-state index >= 15 is 0 Å². The van der Waals surface area contributed by atoms with Gasteiger partial charge in [-0.15, -0.1) is 0 Å². The van der Waals surface area contributed by atoms with Crippen molar-refractivity contribution in [1.82, 2.24) is 0 Å². The minimum Gasteiger partial charge on any atom is -0.434 e. The first-order valence-corrected chi connectivity index (χ1v) is 6.71. The molecule has 1 heterocycles. The van der Waals surface area contributed by atoms with Gasteiger partial charge in [0.15, 0.2) is 0 Å². The second-order valence-corrected chi connectivity index (χ2v) is 5.37. The van der Waals surface area contributed by atoms with Gasteiger partial charge >= 0.3 is 6.16 Å². The van der Waals surface area contributed by atoms with Crippen molar-refractivity contribution in [3.63, 3.8) is 0 Å². The monoisotopic (exact) mass is 272 g/mol. The normalized spacial score (nSPS) is 20.1. The van der Waals surface area contributed by atoms with Crippen LogP contribution < -0.4 is 0 Å². The van der Waals surface area contributed by atoms with Gasteiger partial charge in [-0.05, 0) is 19.1 Å². The third kappa shape index (κ3) is 2.99. The molecule has 0 radical (unpaired) electrons. The summed E-state index contributed by atoms with van der Waals surface area (Å²) in [7, 11) is -3.93. The Morgan fingerprint density at radius 1 is 1.28 bits per heavy atom. The van der Waals surface area contributed by atoms with Crippen molar-refractivity contribution >= 4 is 16.3 Å². The second-order valence-electron chi connectivity index (χ2n) is 3.80. The zero-order valence-electron chi connectivity index (χ0n) is 9.66. The quantitative estimate of drug-likeness (QED) is 0.614. The summed E-state index contributed by atoms with van der Waals surface area (Å²) in [5, 5.41) is 0. The molecule has 6 nitrogen and oxygen atoms in total. The molecule has 0 N–H and O–H groups in total. The molecule has 1 fully saturated rings. The summed E-state index contributed by atoms with van der Waals surface area (Å²) in [5.74, 6) is 0. The second kappa shape index (κ2) is 4.95. The largest absolute Gasteiger partial charge is 0.510 e. The minimum atomic E-state index is -3.93. The third-order valence-corrected chi connectivity index (χ3v) is 3.66. The van der Waals surface area contributed by atoms with Gasteiger partial charge in [-0.25, -0.2) is 8.98 Å².